The first-order valence-corrected chi connectivity index (χ1v) is 9.06. The van der Waals surface area contributed by atoms with Crippen molar-refractivity contribution < 1.29 is 4.79 Å². The number of hydrogen-bond acceptors (Lipinski definition) is 3. The van der Waals surface area contributed by atoms with Gasteiger partial charge in [0.1, 0.15) is 0 Å². The molecule has 0 saturated carbocycles. The topological polar surface area (TPSA) is 41.4 Å². The third kappa shape index (κ3) is 3.94. The number of rotatable bonds is 4. The van der Waals surface area contributed by atoms with Crippen molar-refractivity contribution in [1.29, 1.82) is 0 Å². The zero-order chi connectivity index (χ0) is 16.4. The van der Waals surface area contributed by atoms with Gasteiger partial charge < -0.3 is 9.80 Å². The Kier molecular flexibility index (Phi) is 5.05. The molecule has 3 rings (SSSR count). The molecular formula is C18H30N4O. The zero-order valence-corrected chi connectivity index (χ0v) is 14.8. The number of piperidine rings is 1. The van der Waals surface area contributed by atoms with Crippen LogP contribution in [0.15, 0.2) is 6.07 Å². The van der Waals surface area contributed by atoms with Gasteiger partial charge in [-0.15, -0.1) is 0 Å². The Morgan fingerprint density at radius 2 is 1.96 bits per heavy atom. The van der Waals surface area contributed by atoms with Gasteiger partial charge in [0, 0.05) is 44.8 Å². The van der Waals surface area contributed by atoms with Crippen LogP contribution in [-0.4, -0.2) is 58.2 Å². The lowest BCUT2D eigenvalue weighted by atomic mass is 9.99. The summed E-state index contributed by atoms with van der Waals surface area (Å²) in [5.41, 5.74) is 2.34. The molecule has 0 radical (unpaired) electrons. The molecule has 5 nitrogen and oxygen atoms in total. The molecule has 2 aliphatic rings. The van der Waals surface area contributed by atoms with E-state index >= 15 is 0 Å². The van der Waals surface area contributed by atoms with Crippen LogP contribution in [0, 0.1) is 19.8 Å². The summed E-state index contributed by atoms with van der Waals surface area (Å²) in [6, 6.07) is 2.61. The monoisotopic (exact) mass is 318 g/mol. The molecule has 3 heterocycles. The van der Waals surface area contributed by atoms with Crippen LogP contribution in [0.25, 0.3) is 0 Å². The number of nitrogens with zero attached hydrogens (tertiary/aromatic N) is 4. The van der Waals surface area contributed by atoms with Crippen LogP contribution in [0.3, 0.4) is 0 Å². The molecule has 0 spiro atoms. The van der Waals surface area contributed by atoms with Crippen molar-refractivity contribution >= 4 is 5.91 Å². The molecule has 0 aromatic carbocycles. The summed E-state index contributed by atoms with van der Waals surface area (Å²) in [6.45, 7) is 11.4. The van der Waals surface area contributed by atoms with Gasteiger partial charge in [0.2, 0.25) is 5.91 Å². The highest BCUT2D eigenvalue weighted by molar-refractivity contribution is 5.76. The van der Waals surface area contributed by atoms with Crippen LogP contribution in [-0.2, 0) is 4.79 Å². The van der Waals surface area contributed by atoms with E-state index in [4.69, 9.17) is 0 Å². The standard InChI is InChI=1S/C18H30N4O/c1-14-4-10-21(11-5-14)18(23)7-9-20-8-6-17(13-20)22-16(3)12-15(2)19-22/h12,14,17H,4-11,13H2,1-3H3/t17-/m0/s1. The average Bonchev–Trinajstić information content (AvgIpc) is 3.11. The number of carbonyl (C=O) groups is 1. The first-order valence-electron chi connectivity index (χ1n) is 9.06. The second-order valence-corrected chi connectivity index (χ2v) is 7.43. The van der Waals surface area contributed by atoms with Crippen LogP contribution >= 0.6 is 0 Å². The van der Waals surface area contributed by atoms with Crippen molar-refractivity contribution in [2.75, 3.05) is 32.7 Å². The number of aromatic nitrogens is 2. The molecule has 0 N–H and O–H groups in total. The predicted molar refractivity (Wildman–Crippen MR) is 91.4 cm³/mol. The Bertz CT molecular complexity index is 545. The quantitative estimate of drug-likeness (QED) is 0.856. The van der Waals surface area contributed by atoms with Gasteiger partial charge in [0.15, 0.2) is 0 Å². The fraction of sp³-hybridized carbons (Fsp3) is 0.778. The first kappa shape index (κ1) is 16.5. The molecule has 0 bridgehead atoms. The summed E-state index contributed by atoms with van der Waals surface area (Å²) < 4.78 is 2.17. The highest BCUT2D eigenvalue weighted by Gasteiger charge is 2.27. The molecule has 128 valence electrons. The van der Waals surface area contributed by atoms with Crippen LogP contribution in [0.2, 0.25) is 0 Å². The fourth-order valence-electron chi connectivity index (χ4n) is 3.90. The Morgan fingerprint density at radius 3 is 2.61 bits per heavy atom. The van der Waals surface area contributed by atoms with Crippen molar-refractivity contribution in [2.24, 2.45) is 5.92 Å². The van der Waals surface area contributed by atoms with Gasteiger partial charge >= 0.3 is 0 Å². The normalized spacial score (nSPS) is 23.6. The molecule has 1 amide bonds. The largest absolute Gasteiger partial charge is 0.343 e. The van der Waals surface area contributed by atoms with E-state index < -0.39 is 0 Å². The molecule has 23 heavy (non-hydrogen) atoms. The van der Waals surface area contributed by atoms with Crippen LogP contribution in [0.5, 0.6) is 0 Å². The summed E-state index contributed by atoms with van der Waals surface area (Å²) in [5.74, 6) is 1.12. The van der Waals surface area contributed by atoms with Crippen molar-refractivity contribution in [2.45, 2.75) is 52.5 Å². The minimum atomic E-state index is 0.339. The molecule has 0 aliphatic carbocycles. The Morgan fingerprint density at radius 1 is 1.22 bits per heavy atom. The molecule has 1 aromatic heterocycles. The van der Waals surface area contributed by atoms with Gasteiger partial charge in [0.25, 0.3) is 0 Å². The highest BCUT2D eigenvalue weighted by Crippen LogP contribution is 2.23. The third-order valence-corrected chi connectivity index (χ3v) is 5.42. The summed E-state index contributed by atoms with van der Waals surface area (Å²) in [7, 11) is 0. The number of likely N-dealkylation sites (tertiary alicyclic amines) is 2. The lowest BCUT2D eigenvalue weighted by Gasteiger charge is -2.30. The Hall–Kier alpha value is -1.36. The van der Waals surface area contributed by atoms with Crippen molar-refractivity contribution in [1.82, 2.24) is 19.6 Å². The second kappa shape index (κ2) is 7.04. The maximum absolute atomic E-state index is 12.4. The molecule has 1 atom stereocenters. The summed E-state index contributed by atoms with van der Waals surface area (Å²) >= 11 is 0. The molecule has 2 aliphatic heterocycles. The van der Waals surface area contributed by atoms with E-state index in [-0.39, 0.29) is 0 Å². The maximum Gasteiger partial charge on any atom is 0.223 e. The number of amides is 1. The van der Waals surface area contributed by atoms with Gasteiger partial charge in [-0.3, -0.25) is 9.48 Å². The maximum atomic E-state index is 12.4. The van der Waals surface area contributed by atoms with Gasteiger partial charge in [-0.25, -0.2) is 0 Å². The number of hydrogen-bond donors (Lipinski definition) is 0. The highest BCUT2D eigenvalue weighted by atomic mass is 16.2. The molecule has 0 unspecified atom stereocenters. The fourth-order valence-corrected chi connectivity index (χ4v) is 3.90. The smallest absolute Gasteiger partial charge is 0.223 e. The van der Waals surface area contributed by atoms with E-state index in [0.717, 1.165) is 63.6 Å². The van der Waals surface area contributed by atoms with Gasteiger partial charge in [0.05, 0.1) is 11.7 Å². The molecule has 1 aromatic rings. The van der Waals surface area contributed by atoms with Crippen LogP contribution in [0.1, 0.15) is 50.0 Å². The summed E-state index contributed by atoms with van der Waals surface area (Å²) in [6.07, 6.45) is 4.13. The van der Waals surface area contributed by atoms with E-state index in [1.165, 1.54) is 5.69 Å². The van der Waals surface area contributed by atoms with Crippen LogP contribution < -0.4 is 0 Å². The lowest BCUT2D eigenvalue weighted by Crippen LogP contribution is -2.39. The Labute approximate surface area is 139 Å². The first-order chi connectivity index (χ1) is 11.0. The van der Waals surface area contributed by atoms with Crippen molar-refractivity contribution in [3.8, 4) is 0 Å². The van der Waals surface area contributed by atoms with E-state index in [1.807, 2.05) is 6.92 Å². The molecule has 5 heteroatoms. The predicted octanol–water partition coefficient (Wildman–Crippen LogP) is 2.40. The van der Waals surface area contributed by atoms with Gasteiger partial charge in [-0.05, 0) is 45.1 Å². The van der Waals surface area contributed by atoms with Gasteiger partial charge in [-0.2, -0.15) is 5.10 Å². The third-order valence-electron chi connectivity index (χ3n) is 5.42. The second-order valence-electron chi connectivity index (χ2n) is 7.43. The molecular weight excluding hydrogens is 288 g/mol. The van der Waals surface area contributed by atoms with E-state index in [2.05, 4.69) is 39.5 Å². The Balaban J connectivity index is 1.45. The molecule has 2 saturated heterocycles. The minimum Gasteiger partial charge on any atom is -0.343 e. The summed E-state index contributed by atoms with van der Waals surface area (Å²) in [4.78, 5) is 16.8. The van der Waals surface area contributed by atoms with Crippen molar-refractivity contribution in [3.63, 3.8) is 0 Å². The number of carbonyl (C=O) groups excluding carboxylic acids is 1. The summed E-state index contributed by atoms with van der Waals surface area (Å²) in [5, 5.41) is 4.62. The van der Waals surface area contributed by atoms with Crippen LogP contribution in [0.4, 0.5) is 0 Å². The van der Waals surface area contributed by atoms with E-state index in [0.29, 0.717) is 18.4 Å². The van der Waals surface area contributed by atoms with E-state index in [1.54, 1.807) is 0 Å². The van der Waals surface area contributed by atoms with E-state index in [9.17, 15) is 4.79 Å². The minimum absolute atomic E-state index is 0.339. The lowest BCUT2D eigenvalue weighted by molar-refractivity contribution is -0.132. The molecule has 2 fully saturated rings. The van der Waals surface area contributed by atoms with Crippen molar-refractivity contribution in [3.05, 3.63) is 17.5 Å². The zero-order valence-electron chi connectivity index (χ0n) is 14.8. The number of aryl methyl sites for hydroxylation is 2. The SMILES string of the molecule is Cc1cc(C)n([C@H]2CCN(CCC(=O)N3CCC(C)CC3)C2)n1. The van der Waals surface area contributed by atoms with Gasteiger partial charge in [-0.1, -0.05) is 6.92 Å². The average molecular weight is 318 g/mol.